The van der Waals surface area contributed by atoms with Crippen molar-refractivity contribution in [2.75, 3.05) is 0 Å². The molecule has 1 atom stereocenters. The van der Waals surface area contributed by atoms with Gasteiger partial charge in [0.05, 0.1) is 17.1 Å². The molecule has 0 radical (unpaired) electrons. The lowest BCUT2D eigenvalue weighted by Gasteiger charge is -2.32. The molecule has 1 aromatic rings. The van der Waals surface area contributed by atoms with Gasteiger partial charge in [0, 0.05) is 14.7 Å². The van der Waals surface area contributed by atoms with E-state index in [1.807, 2.05) is 39.1 Å². The predicted molar refractivity (Wildman–Crippen MR) is 75.0 cm³/mol. The number of nitrogens with two attached hydrogens (primary N) is 1. The third kappa shape index (κ3) is 2.47. The normalized spacial score (nSPS) is 24.0. The van der Waals surface area contributed by atoms with E-state index >= 15 is 0 Å². The van der Waals surface area contributed by atoms with Crippen LogP contribution in [0.5, 0.6) is 0 Å². The van der Waals surface area contributed by atoms with Gasteiger partial charge in [-0.3, -0.25) is 0 Å². The van der Waals surface area contributed by atoms with Crippen LogP contribution in [0.25, 0.3) is 0 Å². The summed E-state index contributed by atoms with van der Waals surface area (Å²) in [5.41, 5.74) is 5.54. The summed E-state index contributed by atoms with van der Waals surface area (Å²) in [5.74, 6) is -0.243. The number of hydrogen-bond acceptors (Lipinski definition) is 4. The molecule has 0 unspecified atom stereocenters. The van der Waals surface area contributed by atoms with Gasteiger partial charge in [0.1, 0.15) is 0 Å². The fourth-order valence-corrected chi connectivity index (χ4v) is 3.13. The Morgan fingerprint density at radius 3 is 2.24 bits per heavy atom. The van der Waals surface area contributed by atoms with E-state index in [-0.39, 0.29) is 24.3 Å². The summed E-state index contributed by atoms with van der Waals surface area (Å²) in [5, 5.41) is 2.01. The lowest BCUT2D eigenvalue weighted by molar-refractivity contribution is 0.00578. The van der Waals surface area contributed by atoms with Crippen molar-refractivity contribution in [1.82, 2.24) is 0 Å². The van der Waals surface area contributed by atoms with E-state index in [2.05, 4.69) is 15.9 Å². The van der Waals surface area contributed by atoms with E-state index in [9.17, 15) is 0 Å². The molecule has 1 saturated heterocycles. The van der Waals surface area contributed by atoms with Crippen LogP contribution in [0.4, 0.5) is 0 Å². The van der Waals surface area contributed by atoms with Gasteiger partial charge in [-0.15, -0.1) is 11.3 Å². The van der Waals surface area contributed by atoms with Crippen LogP contribution < -0.4 is 5.73 Å². The fraction of sp³-hybridized carbons (Fsp3) is 0.636. The minimum Gasteiger partial charge on any atom is -0.402 e. The molecule has 2 heterocycles. The molecule has 2 rings (SSSR count). The minimum absolute atomic E-state index is 0.243. The van der Waals surface area contributed by atoms with E-state index < -0.39 is 0 Å². The third-order valence-electron chi connectivity index (χ3n) is 3.48. The second-order valence-electron chi connectivity index (χ2n) is 5.32. The highest BCUT2D eigenvalue weighted by Crippen LogP contribution is 2.40. The van der Waals surface area contributed by atoms with Crippen LogP contribution >= 0.6 is 27.3 Å². The van der Waals surface area contributed by atoms with Crippen molar-refractivity contribution in [3.8, 4) is 0 Å². The van der Waals surface area contributed by atoms with Gasteiger partial charge in [0.2, 0.25) is 0 Å². The zero-order valence-corrected chi connectivity index (χ0v) is 12.9. The Bertz CT molecular complexity index is 405. The number of halogens is 1. The minimum atomic E-state index is -0.384. The quantitative estimate of drug-likeness (QED) is 0.852. The Kier molecular flexibility index (Phi) is 3.47. The van der Waals surface area contributed by atoms with E-state index in [0.717, 1.165) is 9.35 Å². The highest BCUT2D eigenvalue weighted by atomic mass is 79.9. The van der Waals surface area contributed by atoms with Gasteiger partial charge in [-0.25, -0.2) is 0 Å². The zero-order valence-electron chi connectivity index (χ0n) is 10.5. The van der Waals surface area contributed by atoms with Gasteiger partial charge in [0.25, 0.3) is 0 Å². The molecule has 0 bridgehead atoms. The molecule has 0 saturated carbocycles. The SMILES string of the molecule is CC1(C)OB([C@H](N)c2cc(Br)cs2)OC1(C)C. The molecular formula is C11H17BBrNO2S. The summed E-state index contributed by atoms with van der Waals surface area (Å²) in [4.78, 5) is 1.07. The first-order valence-electron chi connectivity index (χ1n) is 5.58. The third-order valence-corrected chi connectivity index (χ3v) is 5.28. The first-order valence-corrected chi connectivity index (χ1v) is 7.25. The number of hydrogen-bond donors (Lipinski definition) is 1. The van der Waals surface area contributed by atoms with Gasteiger partial charge >= 0.3 is 7.12 Å². The van der Waals surface area contributed by atoms with Crippen LogP contribution in [0.15, 0.2) is 15.9 Å². The van der Waals surface area contributed by atoms with Crippen molar-refractivity contribution in [3.63, 3.8) is 0 Å². The maximum Gasteiger partial charge on any atom is 0.481 e. The van der Waals surface area contributed by atoms with Crippen molar-refractivity contribution in [1.29, 1.82) is 0 Å². The standard InChI is InChI=1S/C11H17BBrNO2S/c1-10(2)11(3,4)16-12(15-10)9(14)8-5-7(13)6-17-8/h5-6,9H,14H2,1-4H3/t9-/m1/s1. The second-order valence-corrected chi connectivity index (χ2v) is 7.18. The molecule has 1 aliphatic rings. The smallest absolute Gasteiger partial charge is 0.402 e. The average molecular weight is 318 g/mol. The highest BCUT2D eigenvalue weighted by Gasteiger charge is 2.53. The summed E-state index contributed by atoms with van der Waals surface area (Å²) in [6, 6.07) is 2.01. The first-order chi connectivity index (χ1) is 7.73. The highest BCUT2D eigenvalue weighted by molar-refractivity contribution is 9.10. The summed E-state index contributed by atoms with van der Waals surface area (Å²) in [6.45, 7) is 8.13. The molecule has 2 N–H and O–H groups in total. The maximum absolute atomic E-state index is 6.20. The molecule has 1 fully saturated rings. The Hall–Kier alpha value is 0.125. The molecule has 0 spiro atoms. The van der Waals surface area contributed by atoms with Crippen molar-refractivity contribution in [3.05, 3.63) is 20.8 Å². The monoisotopic (exact) mass is 317 g/mol. The molecule has 0 aromatic carbocycles. The van der Waals surface area contributed by atoms with Crippen molar-refractivity contribution in [2.45, 2.75) is 44.8 Å². The van der Waals surface area contributed by atoms with Crippen molar-refractivity contribution in [2.24, 2.45) is 5.73 Å². The number of rotatable bonds is 2. The largest absolute Gasteiger partial charge is 0.481 e. The molecule has 17 heavy (non-hydrogen) atoms. The van der Waals surface area contributed by atoms with Crippen LogP contribution in [0, 0.1) is 0 Å². The van der Waals surface area contributed by atoms with E-state index in [4.69, 9.17) is 15.0 Å². The first kappa shape index (κ1) is 13.6. The molecule has 1 aromatic heterocycles. The maximum atomic E-state index is 6.20. The second kappa shape index (κ2) is 4.35. The van der Waals surface area contributed by atoms with Crippen molar-refractivity contribution < 1.29 is 9.31 Å². The summed E-state index contributed by atoms with van der Waals surface area (Å²) in [6.07, 6.45) is 0. The topological polar surface area (TPSA) is 44.5 Å². The van der Waals surface area contributed by atoms with E-state index in [0.29, 0.717) is 0 Å². The Morgan fingerprint density at radius 2 is 1.82 bits per heavy atom. The summed E-state index contributed by atoms with van der Waals surface area (Å²) in [7, 11) is -0.384. The Labute approximate surface area is 115 Å². The lowest BCUT2D eigenvalue weighted by Crippen LogP contribution is -2.41. The summed E-state index contributed by atoms with van der Waals surface area (Å²) < 4.78 is 12.9. The molecule has 6 heteroatoms. The average Bonchev–Trinajstić information content (AvgIpc) is 2.69. The van der Waals surface area contributed by atoms with Crippen LogP contribution in [-0.4, -0.2) is 18.3 Å². The fourth-order valence-electron chi connectivity index (χ4n) is 1.67. The molecule has 3 nitrogen and oxygen atoms in total. The van der Waals surface area contributed by atoms with Crippen LogP contribution in [0.1, 0.15) is 38.5 Å². The molecule has 1 aliphatic heterocycles. The van der Waals surface area contributed by atoms with Crippen LogP contribution in [0.2, 0.25) is 0 Å². The predicted octanol–water partition coefficient (Wildman–Crippen LogP) is 3.14. The van der Waals surface area contributed by atoms with Crippen molar-refractivity contribution >= 4 is 34.4 Å². The van der Waals surface area contributed by atoms with Gasteiger partial charge in [-0.05, 0) is 49.7 Å². The van der Waals surface area contributed by atoms with E-state index in [1.165, 1.54) is 0 Å². The van der Waals surface area contributed by atoms with Crippen LogP contribution in [0.3, 0.4) is 0 Å². The molecule has 0 aliphatic carbocycles. The van der Waals surface area contributed by atoms with Gasteiger partial charge in [0.15, 0.2) is 0 Å². The van der Waals surface area contributed by atoms with Crippen LogP contribution in [-0.2, 0) is 9.31 Å². The lowest BCUT2D eigenvalue weighted by atomic mass is 9.78. The van der Waals surface area contributed by atoms with Gasteiger partial charge in [-0.1, -0.05) is 0 Å². The molecule has 0 amide bonds. The zero-order chi connectivity index (χ0) is 12.8. The number of thiophene rings is 1. The van der Waals surface area contributed by atoms with Gasteiger partial charge < -0.3 is 15.0 Å². The van der Waals surface area contributed by atoms with Gasteiger partial charge in [-0.2, -0.15) is 0 Å². The Morgan fingerprint density at radius 1 is 1.29 bits per heavy atom. The molecular weight excluding hydrogens is 301 g/mol. The van der Waals surface area contributed by atoms with E-state index in [1.54, 1.807) is 11.3 Å². The molecule has 94 valence electrons. The Balaban J connectivity index is 2.16. The summed E-state index contributed by atoms with van der Waals surface area (Å²) >= 11 is 5.04.